The number of rotatable bonds is 9. The molecule has 170 valence electrons. The van der Waals surface area contributed by atoms with E-state index in [0.29, 0.717) is 0 Å². The minimum atomic E-state index is -1.60. The van der Waals surface area contributed by atoms with Gasteiger partial charge in [-0.3, -0.25) is 19.7 Å². The van der Waals surface area contributed by atoms with Crippen molar-refractivity contribution in [2.24, 2.45) is 0 Å². The summed E-state index contributed by atoms with van der Waals surface area (Å²) in [5.74, 6) is -7.87. The molecular formula is C19H14ClF3N2O7. The first-order valence-corrected chi connectivity index (χ1v) is 8.93. The number of carbonyl (C=O) groups is 2. The molecule has 1 N–H and O–H groups in total. The number of amides is 1. The van der Waals surface area contributed by atoms with Gasteiger partial charge in [0.05, 0.1) is 4.92 Å². The Hall–Kier alpha value is -3.64. The number of nitrogens with one attached hydrogen (secondary N) is 1. The zero-order chi connectivity index (χ0) is 24.0. The molecular weight excluding hydrogens is 461 g/mol. The molecule has 0 saturated heterocycles. The number of ether oxygens (including phenoxy) is 2. The van der Waals surface area contributed by atoms with E-state index in [9.17, 15) is 32.9 Å². The van der Waals surface area contributed by atoms with Gasteiger partial charge in [0.15, 0.2) is 24.0 Å². The van der Waals surface area contributed by atoms with E-state index in [4.69, 9.17) is 16.3 Å². The molecule has 0 aromatic heterocycles. The highest BCUT2D eigenvalue weighted by molar-refractivity contribution is 6.32. The maximum Gasteiger partial charge on any atom is 0.335 e. The van der Waals surface area contributed by atoms with Gasteiger partial charge in [-0.15, -0.1) is 0 Å². The zero-order valence-electron chi connectivity index (χ0n) is 16.2. The molecule has 0 atom stereocenters. The lowest BCUT2D eigenvalue weighted by atomic mass is 10.1. The van der Waals surface area contributed by atoms with Crippen LogP contribution in [-0.4, -0.2) is 30.0 Å². The Balaban J connectivity index is 2.29. The average molecular weight is 475 g/mol. The van der Waals surface area contributed by atoms with Gasteiger partial charge in [-0.25, -0.2) is 19.1 Å². The van der Waals surface area contributed by atoms with Crippen LogP contribution < -0.4 is 10.2 Å². The molecule has 0 aliphatic rings. The monoisotopic (exact) mass is 474 g/mol. The van der Waals surface area contributed by atoms with Crippen LogP contribution in [0.15, 0.2) is 30.9 Å². The summed E-state index contributed by atoms with van der Waals surface area (Å²) in [6.07, 6.45) is 1.30. The van der Waals surface area contributed by atoms with Crippen LogP contribution in [0.1, 0.15) is 15.9 Å². The number of hydrogen-bond acceptors (Lipinski definition) is 7. The fraction of sp³-hybridized carbons (Fsp3) is 0.158. The third-order valence-corrected chi connectivity index (χ3v) is 4.13. The van der Waals surface area contributed by atoms with Crippen LogP contribution in [0.5, 0.6) is 11.5 Å². The van der Waals surface area contributed by atoms with Gasteiger partial charge in [-0.05, 0) is 13.0 Å². The van der Waals surface area contributed by atoms with Crippen molar-refractivity contribution in [2.45, 2.75) is 6.92 Å². The van der Waals surface area contributed by atoms with Gasteiger partial charge in [-0.2, -0.15) is 4.39 Å². The number of nitro benzene ring substituents is 1. The SMILES string of the molecule is C=CCOC(=O)CONC(=O)c1cc(Oc2c(F)c(F)c(C)c(F)c2Cl)ccc1[N+](=O)[O-]. The highest BCUT2D eigenvalue weighted by Crippen LogP contribution is 2.38. The summed E-state index contributed by atoms with van der Waals surface area (Å²) in [6.45, 7) is 3.48. The Morgan fingerprint density at radius 1 is 1.25 bits per heavy atom. The van der Waals surface area contributed by atoms with Crippen molar-refractivity contribution >= 4 is 29.2 Å². The van der Waals surface area contributed by atoms with Gasteiger partial charge in [0, 0.05) is 17.7 Å². The van der Waals surface area contributed by atoms with Gasteiger partial charge in [0.2, 0.25) is 5.82 Å². The topological polar surface area (TPSA) is 117 Å². The lowest BCUT2D eigenvalue weighted by Gasteiger charge is -2.13. The first-order chi connectivity index (χ1) is 15.1. The van der Waals surface area contributed by atoms with Crippen molar-refractivity contribution < 1.29 is 42.0 Å². The Kier molecular flexibility index (Phi) is 8.15. The lowest BCUT2D eigenvalue weighted by Crippen LogP contribution is -2.28. The molecule has 0 saturated carbocycles. The second kappa shape index (κ2) is 10.6. The van der Waals surface area contributed by atoms with E-state index in [1.165, 1.54) is 6.08 Å². The smallest absolute Gasteiger partial charge is 0.335 e. The zero-order valence-corrected chi connectivity index (χ0v) is 17.0. The number of esters is 1. The summed E-state index contributed by atoms with van der Waals surface area (Å²) in [6, 6.07) is 2.57. The number of hydrogen-bond donors (Lipinski definition) is 1. The second-order valence-electron chi connectivity index (χ2n) is 5.94. The Morgan fingerprint density at radius 3 is 2.56 bits per heavy atom. The molecule has 0 aliphatic carbocycles. The molecule has 0 heterocycles. The van der Waals surface area contributed by atoms with Gasteiger partial charge >= 0.3 is 5.97 Å². The van der Waals surface area contributed by atoms with Crippen LogP contribution >= 0.6 is 11.6 Å². The molecule has 0 bridgehead atoms. The highest BCUT2D eigenvalue weighted by atomic mass is 35.5. The molecule has 0 aliphatic heterocycles. The van der Waals surface area contributed by atoms with Crippen LogP contribution in [0.25, 0.3) is 0 Å². The van der Waals surface area contributed by atoms with Crippen molar-refractivity contribution in [1.29, 1.82) is 0 Å². The maximum absolute atomic E-state index is 14.2. The van der Waals surface area contributed by atoms with Crippen molar-refractivity contribution in [3.63, 3.8) is 0 Å². The highest BCUT2D eigenvalue weighted by Gasteiger charge is 2.26. The maximum atomic E-state index is 14.2. The van der Waals surface area contributed by atoms with Crippen molar-refractivity contribution in [3.8, 4) is 11.5 Å². The molecule has 0 spiro atoms. The van der Waals surface area contributed by atoms with Crippen LogP contribution in [-0.2, 0) is 14.4 Å². The number of benzene rings is 2. The van der Waals surface area contributed by atoms with E-state index in [2.05, 4.69) is 16.2 Å². The molecule has 0 unspecified atom stereocenters. The summed E-state index contributed by atoms with van der Waals surface area (Å²) < 4.78 is 51.6. The van der Waals surface area contributed by atoms with Gasteiger partial charge < -0.3 is 9.47 Å². The van der Waals surface area contributed by atoms with E-state index < -0.39 is 74.2 Å². The van der Waals surface area contributed by atoms with Crippen molar-refractivity contribution in [3.05, 3.63) is 74.6 Å². The van der Waals surface area contributed by atoms with Crippen LogP contribution in [0.2, 0.25) is 5.02 Å². The van der Waals surface area contributed by atoms with E-state index >= 15 is 0 Å². The van der Waals surface area contributed by atoms with Crippen LogP contribution in [0.4, 0.5) is 18.9 Å². The summed E-state index contributed by atoms with van der Waals surface area (Å²) in [4.78, 5) is 38.5. The standard InChI is InChI=1S/C19H14ClF3N2O7/c1-3-6-30-13(26)8-31-24-19(27)11-7-10(4-5-12(11)25(28)29)32-18-14(20)15(21)9(2)16(22)17(18)23/h3-5,7H,1,6,8H2,2H3,(H,24,27). The summed E-state index contributed by atoms with van der Waals surface area (Å²) in [5, 5.41) is 10.3. The molecule has 9 nitrogen and oxygen atoms in total. The predicted molar refractivity (Wildman–Crippen MR) is 104 cm³/mol. The molecule has 1 amide bonds. The van der Waals surface area contributed by atoms with Gasteiger partial charge in [0.25, 0.3) is 11.6 Å². The fourth-order valence-electron chi connectivity index (χ4n) is 2.26. The molecule has 0 radical (unpaired) electrons. The molecule has 2 aromatic rings. The Bertz CT molecular complexity index is 1070. The summed E-state index contributed by atoms with van der Waals surface area (Å²) >= 11 is 5.68. The Morgan fingerprint density at radius 2 is 1.94 bits per heavy atom. The average Bonchev–Trinajstić information content (AvgIpc) is 2.77. The minimum Gasteiger partial charge on any atom is -0.460 e. The van der Waals surface area contributed by atoms with E-state index in [1.807, 2.05) is 0 Å². The molecule has 13 heteroatoms. The molecule has 0 fully saturated rings. The van der Waals surface area contributed by atoms with E-state index in [0.717, 1.165) is 25.1 Å². The third kappa shape index (κ3) is 5.53. The number of carbonyl (C=O) groups excluding carboxylic acids is 2. The van der Waals surface area contributed by atoms with Gasteiger partial charge in [-0.1, -0.05) is 24.3 Å². The van der Waals surface area contributed by atoms with Crippen molar-refractivity contribution in [2.75, 3.05) is 13.2 Å². The molecule has 2 aromatic carbocycles. The van der Waals surface area contributed by atoms with E-state index in [-0.39, 0.29) is 6.61 Å². The fourth-order valence-corrected chi connectivity index (χ4v) is 2.52. The quantitative estimate of drug-likeness (QED) is 0.191. The van der Waals surface area contributed by atoms with Crippen LogP contribution in [0, 0.1) is 34.5 Å². The van der Waals surface area contributed by atoms with Gasteiger partial charge in [0.1, 0.15) is 22.9 Å². The number of hydroxylamine groups is 1. The van der Waals surface area contributed by atoms with E-state index in [1.54, 1.807) is 5.48 Å². The number of nitrogens with zero attached hydrogens (tertiary/aromatic N) is 1. The second-order valence-corrected chi connectivity index (χ2v) is 6.32. The number of nitro groups is 1. The summed E-state index contributed by atoms with van der Waals surface area (Å²) in [5.41, 5.74) is -0.214. The molecule has 32 heavy (non-hydrogen) atoms. The lowest BCUT2D eigenvalue weighted by molar-refractivity contribution is -0.385. The summed E-state index contributed by atoms with van der Waals surface area (Å²) in [7, 11) is 0. The Labute approximate surface area is 183 Å². The normalized spacial score (nSPS) is 10.4. The minimum absolute atomic E-state index is 0.0969. The van der Waals surface area contributed by atoms with Crippen LogP contribution in [0.3, 0.4) is 0 Å². The molecule has 2 rings (SSSR count). The first-order valence-electron chi connectivity index (χ1n) is 8.55. The van der Waals surface area contributed by atoms with Crippen molar-refractivity contribution in [1.82, 2.24) is 5.48 Å². The third-order valence-electron chi connectivity index (χ3n) is 3.79. The number of halogens is 4. The predicted octanol–water partition coefficient (Wildman–Crippen LogP) is 4.16. The first kappa shape index (κ1) is 24.6. The largest absolute Gasteiger partial charge is 0.460 e.